The third-order valence-electron chi connectivity index (χ3n) is 7.11. The summed E-state index contributed by atoms with van der Waals surface area (Å²) in [5, 5.41) is 14.5. The lowest BCUT2D eigenvalue weighted by atomic mass is 10.0. The minimum atomic E-state index is 0.445. The van der Waals surface area contributed by atoms with Crippen LogP contribution in [-0.2, 0) is 13.1 Å². The van der Waals surface area contributed by atoms with Crippen molar-refractivity contribution in [1.29, 1.82) is 5.26 Å². The van der Waals surface area contributed by atoms with Gasteiger partial charge in [0.15, 0.2) is 17.3 Å². The lowest BCUT2D eigenvalue weighted by Gasteiger charge is -2.26. The van der Waals surface area contributed by atoms with Crippen LogP contribution in [-0.4, -0.2) is 43.8 Å². The van der Waals surface area contributed by atoms with E-state index in [-0.39, 0.29) is 0 Å². The lowest BCUT2D eigenvalue weighted by molar-refractivity contribution is 0.414. The molecule has 0 spiro atoms. The van der Waals surface area contributed by atoms with Crippen molar-refractivity contribution in [3.8, 4) is 40.2 Å². The van der Waals surface area contributed by atoms with Crippen LogP contribution in [0.5, 0.6) is 11.5 Å². The normalized spacial score (nSPS) is 10.8. The standard InChI is InChI=1S/C34H28N8O2/c1-4-30-38-34-33(41(20-23-8-12-27(43-2)13-9-23)21-24-10-14-28(44-3)15-11-24)39-31(26-7-5-6-25(18-26)19-35)32(42(34)40-30)29-16-17-36-22-37-29/h4-18,22H,1,20-21H2,2-3H3. The van der Waals surface area contributed by atoms with Crippen molar-refractivity contribution in [2.45, 2.75) is 13.1 Å². The fraction of sp³-hybridized carbons (Fsp3) is 0.118. The van der Waals surface area contributed by atoms with Crippen molar-refractivity contribution in [3.05, 3.63) is 120 Å². The van der Waals surface area contributed by atoms with Crippen molar-refractivity contribution in [3.63, 3.8) is 0 Å². The molecule has 0 aliphatic heterocycles. The van der Waals surface area contributed by atoms with Crippen LogP contribution in [0.25, 0.3) is 34.4 Å². The number of fused-ring (bicyclic) bond motifs is 1. The number of nitriles is 1. The average molecular weight is 581 g/mol. The summed E-state index contributed by atoms with van der Waals surface area (Å²) in [5.41, 5.74) is 5.72. The largest absolute Gasteiger partial charge is 0.497 e. The van der Waals surface area contributed by atoms with Crippen LogP contribution >= 0.6 is 0 Å². The van der Waals surface area contributed by atoms with E-state index < -0.39 is 0 Å². The van der Waals surface area contributed by atoms with Gasteiger partial charge in [0, 0.05) is 24.8 Å². The number of hydrogen-bond acceptors (Lipinski definition) is 9. The Bertz CT molecular complexity index is 1910. The molecule has 6 aromatic rings. The molecular weight excluding hydrogens is 552 g/mol. The highest BCUT2D eigenvalue weighted by atomic mass is 16.5. The Morgan fingerprint density at radius 2 is 1.59 bits per heavy atom. The maximum absolute atomic E-state index is 9.69. The number of rotatable bonds is 10. The SMILES string of the molecule is C=Cc1nc2c(N(Cc3ccc(OC)cc3)Cc3ccc(OC)cc3)nc(-c3cccc(C#N)c3)c(-c3ccncn3)n2n1. The predicted octanol–water partition coefficient (Wildman–Crippen LogP) is 5.99. The first-order valence-electron chi connectivity index (χ1n) is 13.8. The van der Waals surface area contributed by atoms with Gasteiger partial charge in [0.05, 0.1) is 31.5 Å². The summed E-state index contributed by atoms with van der Waals surface area (Å²) >= 11 is 0. The van der Waals surface area contributed by atoms with Gasteiger partial charge in [0.1, 0.15) is 29.2 Å². The fourth-order valence-electron chi connectivity index (χ4n) is 4.94. The molecule has 44 heavy (non-hydrogen) atoms. The highest BCUT2D eigenvalue weighted by molar-refractivity contribution is 5.83. The minimum absolute atomic E-state index is 0.445. The van der Waals surface area contributed by atoms with Gasteiger partial charge in [-0.3, -0.25) is 0 Å². The summed E-state index contributed by atoms with van der Waals surface area (Å²) < 4.78 is 12.5. The van der Waals surface area contributed by atoms with Gasteiger partial charge in [0.2, 0.25) is 0 Å². The molecule has 0 saturated carbocycles. The zero-order chi connectivity index (χ0) is 30.5. The molecule has 0 aliphatic rings. The topological polar surface area (TPSA) is 114 Å². The van der Waals surface area contributed by atoms with Gasteiger partial charge in [-0.25, -0.2) is 24.5 Å². The number of aromatic nitrogens is 6. The summed E-state index contributed by atoms with van der Waals surface area (Å²) in [6, 6.07) is 27.2. The molecule has 0 N–H and O–H groups in total. The molecular formula is C34H28N8O2. The van der Waals surface area contributed by atoms with Crippen LogP contribution in [0.1, 0.15) is 22.5 Å². The molecule has 0 amide bonds. The quantitative estimate of drug-likeness (QED) is 0.193. The van der Waals surface area contributed by atoms with E-state index in [1.165, 1.54) is 6.33 Å². The number of nitrogens with zero attached hydrogens (tertiary/aromatic N) is 8. The van der Waals surface area contributed by atoms with Crippen LogP contribution in [0, 0.1) is 11.3 Å². The molecule has 0 aliphatic carbocycles. The molecule has 10 heteroatoms. The van der Waals surface area contributed by atoms with Crippen LogP contribution in [0.15, 0.2) is 98.0 Å². The van der Waals surface area contributed by atoms with Gasteiger partial charge in [0.25, 0.3) is 0 Å². The van der Waals surface area contributed by atoms with Gasteiger partial charge in [-0.1, -0.05) is 43.0 Å². The van der Waals surface area contributed by atoms with Gasteiger partial charge < -0.3 is 14.4 Å². The zero-order valence-corrected chi connectivity index (χ0v) is 24.3. The van der Waals surface area contributed by atoms with Crippen molar-refractivity contribution >= 4 is 17.5 Å². The number of benzene rings is 3. The molecule has 6 rings (SSSR count). The molecule has 216 valence electrons. The third-order valence-corrected chi connectivity index (χ3v) is 7.11. The average Bonchev–Trinajstić information content (AvgIpc) is 3.53. The number of methoxy groups -OCH3 is 2. The summed E-state index contributed by atoms with van der Waals surface area (Å²) in [4.78, 5) is 20.9. The first-order valence-corrected chi connectivity index (χ1v) is 13.8. The van der Waals surface area contributed by atoms with E-state index in [0.717, 1.165) is 28.2 Å². The zero-order valence-electron chi connectivity index (χ0n) is 24.3. The Balaban J connectivity index is 1.61. The van der Waals surface area contributed by atoms with Gasteiger partial charge in [-0.05, 0) is 59.7 Å². The summed E-state index contributed by atoms with van der Waals surface area (Å²) in [6.45, 7) is 4.94. The van der Waals surface area contributed by atoms with Crippen LogP contribution < -0.4 is 14.4 Å². The second-order valence-corrected chi connectivity index (χ2v) is 9.88. The van der Waals surface area contributed by atoms with Crippen molar-refractivity contribution < 1.29 is 9.47 Å². The second-order valence-electron chi connectivity index (χ2n) is 9.88. The molecule has 3 heterocycles. The smallest absolute Gasteiger partial charge is 0.199 e. The van der Waals surface area contributed by atoms with E-state index >= 15 is 0 Å². The van der Waals surface area contributed by atoms with Gasteiger partial charge in [-0.2, -0.15) is 5.26 Å². The number of hydrogen-bond donors (Lipinski definition) is 0. The van der Waals surface area contributed by atoms with E-state index in [4.69, 9.17) is 24.5 Å². The maximum atomic E-state index is 9.69. The molecule has 0 radical (unpaired) electrons. The molecule has 0 atom stereocenters. The minimum Gasteiger partial charge on any atom is -0.497 e. The maximum Gasteiger partial charge on any atom is 0.199 e. The van der Waals surface area contributed by atoms with Gasteiger partial charge in [-0.15, -0.1) is 5.10 Å². The van der Waals surface area contributed by atoms with E-state index in [9.17, 15) is 5.26 Å². The molecule has 10 nitrogen and oxygen atoms in total. The van der Waals surface area contributed by atoms with E-state index in [1.807, 2.05) is 66.7 Å². The Morgan fingerprint density at radius 3 is 2.16 bits per heavy atom. The molecule has 3 aromatic carbocycles. The van der Waals surface area contributed by atoms with E-state index in [0.29, 0.717) is 53.0 Å². The Labute approximate surface area is 254 Å². The molecule has 0 saturated heterocycles. The van der Waals surface area contributed by atoms with Crippen LogP contribution in [0.2, 0.25) is 0 Å². The van der Waals surface area contributed by atoms with Crippen molar-refractivity contribution in [1.82, 2.24) is 29.5 Å². The highest BCUT2D eigenvalue weighted by Crippen LogP contribution is 2.35. The summed E-state index contributed by atoms with van der Waals surface area (Å²) in [5.74, 6) is 2.60. The monoisotopic (exact) mass is 580 g/mol. The molecule has 0 bridgehead atoms. The Morgan fingerprint density at radius 1 is 0.909 bits per heavy atom. The van der Waals surface area contributed by atoms with Crippen LogP contribution in [0.3, 0.4) is 0 Å². The first-order chi connectivity index (χ1) is 21.6. The Kier molecular flexibility index (Phi) is 7.92. The summed E-state index contributed by atoms with van der Waals surface area (Å²) in [6.07, 6.45) is 4.76. The van der Waals surface area contributed by atoms with Crippen molar-refractivity contribution in [2.75, 3.05) is 19.1 Å². The molecule has 0 unspecified atom stereocenters. The lowest BCUT2D eigenvalue weighted by Crippen LogP contribution is -2.25. The van der Waals surface area contributed by atoms with Crippen LogP contribution in [0.4, 0.5) is 5.82 Å². The molecule has 0 fully saturated rings. The van der Waals surface area contributed by atoms with E-state index in [2.05, 4.69) is 27.5 Å². The fourth-order valence-corrected chi connectivity index (χ4v) is 4.94. The number of ether oxygens (including phenoxy) is 2. The molecule has 3 aromatic heterocycles. The second kappa shape index (κ2) is 12.4. The number of anilines is 1. The van der Waals surface area contributed by atoms with Gasteiger partial charge >= 0.3 is 0 Å². The third kappa shape index (κ3) is 5.67. The van der Waals surface area contributed by atoms with E-state index in [1.54, 1.807) is 43.1 Å². The first kappa shape index (κ1) is 28.1. The predicted molar refractivity (Wildman–Crippen MR) is 168 cm³/mol. The highest BCUT2D eigenvalue weighted by Gasteiger charge is 2.25. The summed E-state index contributed by atoms with van der Waals surface area (Å²) in [7, 11) is 3.30. The van der Waals surface area contributed by atoms with Crippen molar-refractivity contribution in [2.24, 2.45) is 0 Å². The Hall–Kier alpha value is -6.08.